The van der Waals surface area contributed by atoms with Crippen LogP contribution < -0.4 is 0 Å². The Morgan fingerprint density at radius 2 is 0.525 bits per heavy atom. The maximum atomic E-state index is 12.0. The van der Waals surface area contributed by atoms with Crippen LogP contribution in [-0.4, -0.2) is 44.3 Å². The number of rotatable bonds is 4. The number of carbonyl (C=O) groups is 4. The van der Waals surface area contributed by atoms with Crippen molar-refractivity contribution in [2.24, 2.45) is 0 Å². The van der Waals surface area contributed by atoms with Gasteiger partial charge >= 0.3 is 23.9 Å². The lowest BCUT2D eigenvalue weighted by Crippen LogP contribution is -2.02. The molecule has 0 saturated carbocycles. The largest absolute Gasteiger partial charge is 0.478 e. The molecule has 0 atom stereocenters. The molecule has 0 unspecified atom stereocenters. The second-order valence-electron chi connectivity index (χ2n) is 9.76. The van der Waals surface area contributed by atoms with E-state index in [4.69, 9.17) is 0 Å². The Kier molecular flexibility index (Phi) is 4.60. The third-order valence-electron chi connectivity index (χ3n) is 7.72. The van der Waals surface area contributed by atoms with E-state index in [1.54, 1.807) is 48.5 Å². The molecule has 4 N–H and O–H groups in total. The summed E-state index contributed by atoms with van der Waals surface area (Å²) in [6.07, 6.45) is 0. The van der Waals surface area contributed by atoms with E-state index in [1.165, 1.54) is 24.3 Å². The Balaban J connectivity index is 1.99. The molecule has 0 heterocycles. The Hall–Kier alpha value is -5.76. The molecule has 8 heteroatoms. The van der Waals surface area contributed by atoms with Crippen LogP contribution in [0.5, 0.6) is 0 Å². The van der Waals surface area contributed by atoms with E-state index in [9.17, 15) is 39.6 Å². The zero-order valence-corrected chi connectivity index (χ0v) is 20.4. The molecule has 192 valence electrons. The number of carboxylic acids is 4. The summed E-state index contributed by atoms with van der Waals surface area (Å²) in [4.78, 5) is 47.9. The molecule has 8 nitrogen and oxygen atoms in total. The third kappa shape index (κ3) is 3.01. The van der Waals surface area contributed by atoms with E-state index >= 15 is 0 Å². The van der Waals surface area contributed by atoms with E-state index < -0.39 is 23.9 Å². The fourth-order valence-electron chi connectivity index (χ4n) is 6.07. The maximum absolute atomic E-state index is 12.0. The first-order valence-corrected chi connectivity index (χ1v) is 12.2. The highest BCUT2D eigenvalue weighted by Crippen LogP contribution is 2.39. The average molecular weight is 528 g/mol. The minimum Gasteiger partial charge on any atom is -0.478 e. The highest BCUT2D eigenvalue weighted by molar-refractivity contribution is 6.12. The van der Waals surface area contributed by atoms with Gasteiger partial charge in [-0.2, -0.15) is 0 Å². The lowest BCUT2D eigenvalue weighted by Gasteiger charge is -2.18. The summed E-state index contributed by atoms with van der Waals surface area (Å²) in [5, 5.41) is 46.7. The second kappa shape index (κ2) is 7.87. The van der Waals surface area contributed by atoms with Crippen LogP contribution in [0.3, 0.4) is 0 Å². The summed E-state index contributed by atoms with van der Waals surface area (Å²) in [5.41, 5.74) is 0.238. The lowest BCUT2D eigenvalue weighted by atomic mass is 9.85. The number of hydrogen-bond donors (Lipinski definition) is 4. The molecule has 6 aromatic carbocycles. The predicted octanol–water partition coefficient (Wildman–Crippen LogP) is 5.98. The molecule has 0 spiro atoms. The highest BCUT2D eigenvalue weighted by atomic mass is 16.4. The van der Waals surface area contributed by atoms with Gasteiger partial charge in [-0.3, -0.25) is 0 Å². The van der Waals surface area contributed by atoms with Crippen molar-refractivity contribution in [3.05, 3.63) is 116 Å². The normalized spacial score (nSPS) is 13.6. The van der Waals surface area contributed by atoms with Crippen molar-refractivity contribution in [1.82, 2.24) is 0 Å². The molecule has 6 aromatic rings. The Morgan fingerprint density at radius 3 is 0.700 bits per heavy atom. The van der Waals surface area contributed by atoms with Gasteiger partial charge < -0.3 is 20.4 Å². The molecule has 4 bridgehead atoms. The fourth-order valence-corrected chi connectivity index (χ4v) is 6.07. The van der Waals surface area contributed by atoms with Gasteiger partial charge in [0.15, 0.2) is 0 Å². The van der Waals surface area contributed by atoms with Gasteiger partial charge in [0.05, 0.1) is 22.3 Å². The zero-order valence-electron chi connectivity index (χ0n) is 20.4. The van der Waals surface area contributed by atoms with Crippen molar-refractivity contribution < 1.29 is 39.6 Å². The third-order valence-corrected chi connectivity index (χ3v) is 7.72. The van der Waals surface area contributed by atoms with Crippen molar-refractivity contribution in [3.63, 3.8) is 0 Å². The van der Waals surface area contributed by atoms with E-state index in [1.807, 2.05) is 0 Å². The fraction of sp³-hybridized carbons (Fsp3) is 0. The zero-order chi connectivity index (χ0) is 28.0. The molecule has 0 aromatic heterocycles. The topological polar surface area (TPSA) is 149 Å². The molecular formula is C32H16O8. The molecule has 0 saturated heterocycles. The van der Waals surface area contributed by atoms with Gasteiger partial charge in [0.2, 0.25) is 0 Å². The van der Waals surface area contributed by atoms with E-state index in [-0.39, 0.29) is 22.3 Å². The van der Waals surface area contributed by atoms with Gasteiger partial charge in [0.25, 0.3) is 0 Å². The van der Waals surface area contributed by atoms with Crippen LogP contribution in [0, 0.1) is 20.9 Å². The van der Waals surface area contributed by atoms with Crippen LogP contribution >= 0.6 is 0 Å². The van der Waals surface area contributed by atoms with Crippen LogP contribution in [0.15, 0.2) is 72.8 Å². The lowest BCUT2D eigenvalue weighted by molar-refractivity contribution is 0.0686. The van der Waals surface area contributed by atoms with Crippen molar-refractivity contribution >= 4 is 67.0 Å². The summed E-state index contributed by atoms with van der Waals surface area (Å²) < 4.78 is 0. The van der Waals surface area contributed by atoms with Crippen LogP contribution in [0.4, 0.5) is 0 Å². The molecule has 0 aliphatic heterocycles. The molecule has 4 aliphatic carbocycles. The first kappa shape index (κ1) is 23.4. The van der Waals surface area contributed by atoms with Gasteiger partial charge in [-0.15, -0.1) is 0 Å². The average Bonchev–Trinajstić information content (AvgIpc) is 2.92. The van der Waals surface area contributed by atoms with Gasteiger partial charge in [-0.1, -0.05) is 24.3 Å². The van der Waals surface area contributed by atoms with Crippen molar-refractivity contribution in [1.29, 1.82) is 0 Å². The summed E-state index contributed by atoms with van der Waals surface area (Å²) in [6, 6.07) is 18.9. The van der Waals surface area contributed by atoms with Crippen molar-refractivity contribution in [3.8, 4) is 0 Å². The van der Waals surface area contributed by atoms with Crippen LogP contribution in [0.1, 0.15) is 41.4 Å². The van der Waals surface area contributed by atoms with Gasteiger partial charge in [-0.25, -0.2) is 19.2 Å². The van der Waals surface area contributed by atoms with Crippen molar-refractivity contribution in [2.75, 3.05) is 0 Å². The highest BCUT2D eigenvalue weighted by Gasteiger charge is 2.20. The summed E-state index contributed by atoms with van der Waals surface area (Å²) in [6.45, 7) is 0. The Labute approximate surface area is 222 Å². The molecule has 10 rings (SSSR count). The number of benzene rings is 6. The summed E-state index contributed by atoms with van der Waals surface area (Å²) in [5.74, 6) is -4.46. The van der Waals surface area contributed by atoms with Crippen LogP contribution in [0.2, 0.25) is 0 Å². The smallest absolute Gasteiger partial charge is 0.335 e. The van der Waals surface area contributed by atoms with E-state index in [0.29, 0.717) is 64.0 Å². The molecule has 40 heavy (non-hydrogen) atoms. The molecule has 0 radical (unpaired) electrons. The second-order valence-corrected chi connectivity index (χ2v) is 9.76. The molecule has 0 amide bonds. The van der Waals surface area contributed by atoms with Crippen LogP contribution in [0.25, 0.3) is 43.1 Å². The SMILES string of the molecule is O=C(O)c1ccc2/c3c4cc(C(=O)O)ccc4/c(c2c1)=c1\c2ccc(C(=O)O)cc2\c=3c2ccc(C(=O)O)cc12. The predicted molar refractivity (Wildman–Crippen MR) is 146 cm³/mol. The monoisotopic (exact) mass is 528 g/mol. The maximum Gasteiger partial charge on any atom is 0.335 e. The molecule has 4 aliphatic rings. The number of hydrogen-bond acceptors (Lipinski definition) is 4. The van der Waals surface area contributed by atoms with E-state index in [0.717, 1.165) is 0 Å². The van der Waals surface area contributed by atoms with Crippen molar-refractivity contribution in [2.45, 2.75) is 0 Å². The minimum absolute atomic E-state index is 0.0595. The standard InChI is InChI=1S/C32H16O8/c33-29(34)13-1-5-17-21(9-13)26-18-6-2-14(30(35)36)10-22(18)25(17)27-19-7-3-16(32(39)40)12-24(19)28(26)20-8-4-15(31(37)38)11-23(20)27/h1-12H,(H,33,34)(H,35,36)(H,37,38)(H,39,40)/b27-25-,28-26-. The summed E-state index contributed by atoms with van der Waals surface area (Å²) in [7, 11) is 0. The van der Waals surface area contributed by atoms with Gasteiger partial charge in [0.1, 0.15) is 0 Å². The number of carboxylic acid groups (broad SMARTS) is 4. The quantitative estimate of drug-likeness (QED) is 0.204. The van der Waals surface area contributed by atoms with Gasteiger partial charge in [-0.05, 0) is 112 Å². The molecular weight excluding hydrogens is 512 g/mol. The Morgan fingerprint density at radius 1 is 0.325 bits per heavy atom. The van der Waals surface area contributed by atoms with Gasteiger partial charge in [0, 0.05) is 0 Å². The first-order chi connectivity index (χ1) is 19.2. The minimum atomic E-state index is -1.12. The Bertz CT molecular complexity index is 2100. The van der Waals surface area contributed by atoms with Crippen LogP contribution in [-0.2, 0) is 0 Å². The summed E-state index contributed by atoms with van der Waals surface area (Å²) >= 11 is 0. The van der Waals surface area contributed by atoms with E-state index in [2.05, 4.69) is 0 Å². The molecule has 0 fully saturated rings. The first-order valence-electron chi connectivity index (χ1n) is 12.2. The number of aromatic carboxylic acids is 4.